The Morgan fingerprint density at radius 1 is 1.28 bits per heavy atom. The molecule has 1 amide bonds. The zero-order valence-electron chi connectivity index (χ0n) is 17.5. The Kier molecular flexibility index (Phi) is 5.96. The summed E-state index contributed by atoms with van der Waals surface area (Å²) in [6, 6.07) is 6.60. The zero-order valence-corrected chi connectivity index (χ0v) is 17.5. The molecule has 2 heterocycles. The number of pyridine rings is 2. The van der Waals surface area contributed by atoms with E-state index in [1.165, 1.54) is 0 Å². The Balaban J connectivity index is 1.93. The van der Waals surface area contributed by atoms with E-state index >= 15 is 0 Å². The van der Waals surface area contributed by atoms with Crippen LogP contribution in [0.25, 0.3) is 0 Å². The summed E-state index contributed by atoms with van der Waals surface area (Å²) in [5.41, 5.74) is 7.17. The number of nitrogen functional groups attached to an aromatic ring is 1. The highest BCUT2D eigenvalue weighted by Crippen LogP contribution is 2.43. The van der Waals surface area contributed by atoms with E-state index in [0.717, 1.165) is 12.0 Å². The molecule has 2 aromatic heterocycles. The van der Waals surface area contributed by atoms with Crippen molar-refractivity contribution >= 4 is 11.8 Å². The first-order valence-corrected chi connectivity index (χ1v) is 10.0. The first-order valence-electron chi connectivity index (χ1n) is 10.0. The number of rotatable bonds is 3. The van der Waals surface area contributed by atoms with Crippen LogP contribution in [-0.4, -0.2) is 27.3 Å². The molecule has 0 spiro atoms. The van der Waals surface area contributed by atoms with Crippen LogP contribution in [0, 0.1) is 5.92 Å². The summed E-state index contributed by atoms with van der Waals surface area (Å²) >= 11 is 0. The van der Waals surface area contributed by atoms with Crippen molar-refractivity contribution in [2.24, 2.45) is 5.92 Å². The summed E-state index contributed by atoms with van der Waals surface area (Å²) in [5.74, 6) is 0.296. The molecule has 0 aromatic carbocycles. The standard InChI is InChI=1S/C22H30N4O3/c1-14-11-15(16-8-9-24-13-17(16)23)12-18(25-21(28)29-22(2,3)4)20(14)26-10-6-5-7-19(26)27/h5-10,13-15,18,20H,11-12,23H2,1-4H3,(H,25,28). The highest BCUT2D eigenvalue weighted by atomic mass is 16.6. The molecule has 0 aliphatic heterocycles. The number of aromatic nitrogens is 2. The molecule has 7 heteroatoms. The Labute approximate surface area is 171 Å². The topological polar surface area (TPSA) is 99.2 Å². The number of nitrogens with one attached hydrogen (secondary N) is 1. The highest BCUT2D eigenvalue weighted by Gasteiger charge is 2.39. The number of hydrogen-bond donors (Lipinski definition) is 2. The van der Waals surface area contributed by atoms with Gasteiger partial charge in [0.1, 0.15) is 5.60 Å². The minimum Gasteiger partial charge on any atom is -0.444 e. The van der Waals surface area contributed by atoms with Gasteiger partial charge >= 0.3 is 6.09 Å². The monoisotopic (exact) mass is 398 g/mol. The van der Waals surface area contributed by atoms with Crippen molar-refractivity contribution in [1.82, 2.24) is 14.9 Å². The molecule has 1 saturated carbocycles. The second-order valence-corrected chi connectivity index (χ2v) is 8.84. The fourth-order valence-corrected chi connectivity index (χ4v) is 4.33. The van der Waals surface area contributed by atoms with Gasteiger partial charge in [-0.3, -0.25) is 9.78 Å². The molecule has 4 atom stereocenters. The Morgan fingerprint density at radius 2 is 2.03 bits per heavy atom. The number of nitrogens with zero attached hydrogens (tertiary/aromatic N) is 2. The zero-order chi connectivity index (χ0) is 21.2. The van der Waals surface area contributed by atoms with Crippen LogP contribution in [-0.2, 0) is 4.74 Å². The predicted octanol–water partition coefficient (Wildman–Crippen LogP) is 3.47. The number of carbonyl (C=O) groups excluding carboxylic acids is 1. The lowest BCUT2D eigenvalue weighted by Crippen LogP contribution is -2.50. The first-order chi connectivity index (χ1) is 13.7. The summed E-state index contributed by atoms with van der Waals surface area (Å²) in [6.07, 6.45) is 6.21. The van der Waals surface area contributed by atoms with Crippen LogP contribution >= 0.6 is 0 Å². The average molecular weight is 399 g/mol. The lowest BCUT2D eigenvalue weighted by molar-refractivity contribution is 0.0444. The third-order valence-corrected chi connectivity index (χ3v) is 5.39. The van der Waals surface area contributed by atoms with Crippen molar-refractivity contribution in [1.29, 1.82) is 0 Å². The van der Waals surface area contributed by atoms with Crippen molar-refractivity contribution in [2.75, 3.05) is 5.73 Å². The van der Waals surface area contributed by atoms with Crippen LogP contribution in [0.3, 0.4) is 0 Å². The SMILES string of the molecule is CC1CC(c2ccncc2N)CC(NC(=O)OC(C)(C)C)C1n1ccccc1=O. The van der Waals surface area contributed by atoms with Gasteiger partial charge in [0.05, 0.1) is 24.0 Å². The van der Waals surface area contributed by atoms with Gasteiger partial charge < -0.3 is 20.4 Å². The van der Waals surface area contributed by atoms with Gasteiger partial charge in [0.25, 0.3) is 5.56 Å². The Morgan fingerprint density at radius 3 is 2.69 bits per heavy atom. The second kappa shape index (κ2) is 8.27. The molecular formula is C22H30N4O3. The number of anilines is 1. The van der Waals surface area contributed by atoms with E-state index < -0.39 is 11.7 Å². The molecule has 29 heavy (non-hydrogen) atoms. The van der Waals surface area contributed by atoms with Crippen molar-refractivity contribution in [3.05, 3.63) is 58.8 Å². The van der Waals surface area contributed by atoms with Gasteiger partial charge in [-0.25, -0.2) is 4.79 Å². The maximum Gasteiger partial charge on any atom is 0.407 e. The fourth-order valence-electron chi connectivity index (χ4n) is 4.33. The minimum atomic E-state index is -0.599. The predicted molar refractivity (Wildman–Crippen MR) is 113 cm³/mol. The summed E-state index contributed by atoms with van der Waals surface area (Å²) in [4.78, 5) is 29.2. The van der Waals surface area contributed by atoms with E-state index in [1.54, 1.807) is 35.3 Å². The van der Waals surface area contributed by atoms with Gasteiger partial charge in [-0.2, -0.15) is 0 Å². The number of amides is 1. The van der Waals surface area contributed by atoms with Crippen LogP contribution in [0.15, 0.2) is 47.7 Å². The lowest BCUT2D eigenvalue weighted by Gasteiger charge is -2.42. The molecule has 3 N–H and O–H groups in total. The molecule has 0 saturated heterocycles. The molecule has 156 valence electrons. The highest BCUT2D eigenvalue weighted by molar-refractivity contribution is 5.68. The van der Waals surface area contributed by atoms with Crippen molar-refractivity contribution in [3.63, 3.8) is 0 Å². The average Bonchev–Trinajstić information content (AvgIpc) is 2.61. The summed E-state index contributed by atoms with van der Waals surface area (Å²) in [6.45, 7) is 7.60. The van der Waals surface area contributed by atoms with Crippen LogP contribution in [0.5, 0.6) is 0 Å². The smallest absolute Gasteiger partial charge is 0.407 e. The summed E-state index contributed by atoms with van der Waals surface area (Å²) in [5, 5.41) is 3.02. The van der Waals surface area contributed by atoms with E-state index in [9.17, 15) is 9.59 Å². The molecule has 1 fully saturated rings. The van der Waals surface area contributed by atoms with Gasteiger partial charge in [-0.05, 0) is 63.1 Å². The largest absolute Gasteiger partial charge is 0.444 e. The van der Waals surface area contributed by atoms with Gasteiger partial charge in [-0.15, -0.1) is 0 Å². The fraction of sp³-hybridized carbons (Fsp3) is 0.500. The third-order valence-electron chi connectivity index (χ3n) is 5.39. The number of carbonyl (C=O) groups is 1. The van der Waals surface area contributed by atoms with E-state index in [2.05, 4.69) is 17.2 Å². The molecule has 1 aliphatic carbocycles. The molecule has 0 bridgehead atoms. The van der Waals surface area contributed by atoms with Crippen LogP contribution < -0.4 is 16.6 Å². The Hall–Kier alpha value is -2.83. The molecule has 4 unspecified atom stereocenters. The second-order valence-electron chi connectivity index (χ2n) is 8.84. The van der Waals surface area contributed by atoms with Gasteiger partial charge in [0, 0.05) is 18.5 Å². The Bertz CT molecular complexity index is 919. The van der Waals surface area contributed by atoms with Crippen LogP contribution in [0.2, 0.25) is 0 Å². The van der Waals surface area contributed by atoms with E-state index in [-0.39, 0.29) is 29.5 Å². The quantitative estimate of drug-likeness (QED) is 0.825. The molecule has 7 nitrogen and oxygen atoms in total. The van der Waals surface area contributed by atoms with Crippen LogP contribution in [0.1, 0.15) is 58.1 Å². The van der Waals surface area contributed by atoms with Crippen molar-refractivity contribution < 1.29 is 9.53 Å². The van der Waals surface area contributed by atoms with E-state index in [0.29, 0.717) is 12.1 Å². The van der Waals surface area contributed by atoms with Crippen molar-refractivity contribution in [2.45, 2.75) is 64.1 Å². The minimum absolute atomic E-state index is 0.0813. The van der Waals surface area contributed by atoms with E-state index in [1.807, 2.05) is 32.9 Å². The van der Waals surface area contributed by atoms with Gasteiger partial charge in [0.2, 0.25) is 0 Å². The summed E-state index contributed by atoms with van der Waals surface area (Å²) in [7, 11) is 0. The molecule has 3 rings (SSSR count). The van der Waals surface area contributed by atoms with Gasteiger partial charge in [-0.1, -0.05) is 13.0 Å². The molecular weight excluding hydrogens is 368 g/mol. The number of ether oxygens (including phenoxy) is 1. The maximum atomic E-state index is 12.6. The number of nitrogens with two attached hydrogens (primary N) is 1. The van der Waals surface area contributed by atoms with Crippen molar-refractivity contribution in [3.8, 4) is 0 Å². The number of alkyl carbamates (subject to hydrolysis) is 1. The maximum absolute atomic E-state index is 12.6. The first kappa shape index (κ1) is 20.9. The van der Waals surface area contributed by atoms with E-state index in [4.69, 9.17) is 10.5 Å². The molecule has 0 radical (unpaired) electrons. The molecule has 2 aromatic rings. The van der Waals surface area contributed by atoms with Crippen LogP contribution in [0.4, 0.5) is 10.5 Å². The molecule has 1 aliphatic rings. The third kappa shape index (κ3) is 4.96. The summed E-state index contributed by atoms with van der Waals surface area (Å²) < 4.78 is 7.20. The number of hydrogen-bond acceptors (Lipinski definition) is 5. The normalized spacial score (nSPS) is 24.7. The van der Waals surface area contributed by atoms with Gasteiger partial charge in [0.15, 0.2) is 0 Å². The lowest BCUT2D eigenvalue weighted by atomic mass is 9.73.